The zero-order chi connectivity index (χ0) is 15.4. The molecule has 2 aromatic rings. The minimum atomic E-state index is -0.362. The molecule has 1 aliphatic heterocycles. The van der Waals surface area contributed by atoms with Crippen LogP contribution in [0.15, 0.2) is 34.9 Å². The monoisotopic (exact) mass is 303 g/mol. The van der Waals surface area contributed by atoms with Gasteiger partial charge in [0.2, 0.25) is 0 Å². The Morgan fingerprint density at radius 2 is 1.73 bits per heavy atom. The van der Waals surface area contributed by atoms with Gasteiger partial charge in [-0.3, -0.25) is 0 Å². The normalized spacial score (nSPS) is 21.4. The van der Waals surface area contributed by atoms with Gasteiger partial charge in [0, 0.05) is 30.8 Å². The molecule has 5 nitrogen and oxygen atoms in total. The first-order chi connectivity index (χ1) is 10.8. The second kappa shape index (κ2) is 7.05. The molecule has 0 saturated carbocycles. The van der Waals surface area contributed by atoms with Gasteiger partial charge in [-0.25, -0.2) is 0 Å². The molecule has 0 N–H and O–H groups in total. The Kier molecular flexibility index (Phi) is 4.87. The molecule has 0 bridgehead atoms. The van der Waals surface area contributed by atoms with Gasteiger partial charge in [0.15, 0.2) is 12.6 Å². The number of fused-ring (bicyclic) bond motifs is 1. The summed E-state index contributed by atoms with van der Waals surface area (Å²) in [4.78, 5) is 0. The predicted molar refractivity (Wildman–Crippen MR) is 81.3 cm³/mol. The average molecular weight is 303 g/mol. The lowest BCUT2D eigenvalue weighted by Gasteiger charge is -2.21. The number of hydrogen-bond donors (Lipinski definition) is 0. The lowest BCUT2D eigenvalue weighted by molar-refractivity contribution is -0.239. The van der Waals surface area contributed by atoms with Gasteiger partial charge >= 0.3 is 0 Å². The summed E-state index contributed by atoms with van der Waals surface area (Å²) in [7, 11) is 0. The zero-order valence-electron chi connectivity index (χ0n) is 13.0. The van der Waals surface area contributed by atoms with Crippen LogP contribution in [0.3, 0.4) is 0 Å². The van der Waals surface area contributed by atoms with Crippen LogP contribution in [0, 0.1) is 0 Å². The van der Waals surface area contributed by atoms with Crippen molar-refractivity contribution in [3.63, 3.8) is 0 Å². The molecule has 1 aromatic heterocycles. The lowest BCUT2D eigenvalue weighted by Crippen LogP contribution is -2.27. The molecule has 0 amide bonds. The highest BCUT2D eigenvalue weighted by atomic mass is 16.8. The fourth-order valence-electron chi connectivity index (χ4n) is 2.69. The van der Waals surface area contributed by atoms with E-state index in [1.54, 1.807) is 0 Å². The Hall–Kier alpha value is -1.69. The van der Waals surface area contributed by atoms with E-state index in [1.165, 1.54) is 0 Å². The highest BCUT2D eigenvalue weighted by molar-refractivity contribution is 5.63. The first-order valence-electron chi connectivity index (χ1n) is 7.73. The van der Waals surface area contributed by atoms with Crippen LogP contribution < -0.4 is 0 Å². The Morgan fingerprint density at radius 3 is 2.41 bits per heavy atom. The summed E-state index contributed by atoms with van der Waals surface area (Å²) in [6.45, 7) is 5.07. The van der Waals surface area contributed by atoms with Crippen molar-refractivity contribution in [1.29, 1.82) is 0 Å². The van der Waals surface area contributed by atoms with Crippen LogP contribution >= 0.6 is 0 Å². The van der Waals surface area contributed by atoms with Gasteiger partial charge in [-0.15, -0.1) is 0 Å². The van der Waals surface area contributed by atoms with E-state index >= 15 is 0 Å². The minimum Gasteiger partial charge on any atom is -0.360 e. The van der Waals surface area contributed by atoms with Crippen molar-refractivity contribution in [3.8, 4) is 11.3 Å². The van der Waals surface area contributed by atoms with Crippen molar-refractivity contribution in [1.82, 2.24) is 5.16 Å². The third-order valence-corrected chi connectivity index (χ3v) is 3.65. The van der Waals surface area contributed by atoms with Gasteiger partial charge in [0.1, 0.15) is 11.5 Å². The third kappa shape index (κ3) is 3.21. The highest BCUT2D eigenvalue weighted by Crippen LogP contribution is 2.31. The summed E-state index contributed by atoms with van der Waals surface area (Å²) in [5.41, 5.74) is 2.95. The largest absolute Gasteiger partial charge is 0.360 e. The molecule has 1 aromatic carbocycles. The number of hydrogen-bond acceptors (Lipinski definition) is 5. The van der Waals surface area contributed by atoms with Crippen molar-refractivity contribution in [2.75, 3.05) is 13.2 Å². The van der Waals surface area contributed by atoms with Crippen molar-refractivity contribution in [2.45, 2.75) is 39.3 Å². The molecule has 1 aliphatic rings. The first kappa shape index (κ1) is 15.2. The maximum atomic E-state index is 5.89. The fourth-order valence-corrected chi connectivity index (χ4v) is 2.69. The third-order valence-electron chi connectivity index (χ3n) is 3.65. The van der Waals surface area contributed by atoms with Gasteiger partial charge in [0.25, 0.3) is 0 Å². The van der Waals surface area contributed by atoms with E-state index in [4.69, 9.17) is 18.7 Å². The molecule has 0 saturated heterocycles. The molecule has 0 radical (unpaired) electrons. The number of aromatic nitrogens is 1. The smallest absolute Gasteiger partial charge is 0.167 e. The van der Waals surface area contributed by atoms with Gasteiger partial charge in [0.05, 0.1) is 6.42 Å². The highest BCUT2D eigenvalue weighted by Gasteiger charge is 2.30. The van der Waals surface area contributed by atoms with E-state index in [2.05, 4.69) is 5.16 Å². The lowest BCUT2D eigenvalue weighted by atomic mass is 10.0. The van der Waals surface area contributed by atoms with Crippen LogP contribution in [0.4, 0.5) is 0 Å². The van der Waals surface area contributed by atoms with Crippen LogP contribution in [0.1, 0.15) is 25.2 Å². The molecule has 0 aliphatic carbocycles. The van der Waals surface area contributed by atoms with Gasteiger partial charge < -0.3 is 18.7 Å². The van der Waals surface area contributed by atoms with Gasteiger partial charge in [-0.1, -0.05) is 35.5 Å². The van der Waals surface area contributed by atoms with E-state index in [0.29, 0.717) is 26.1 Å². The number of ether oxygens (including phenoxy) is 3. The van der Waals surface area contributed by atoms with Crippen LogP contribution in [0.5, 0.6) is 0 Å². The topological polar surface area (TPSA) is 53.7 Å². The Balaban J connectivity index is 1.93. The van der Waals surface area contributed by atoms with Crippen LogP contribution in [0.25, 0.3) is 11.3 Å². The molecule has 118 valence electrons. The molecule has 0 spiro atoms. The molecule has 0 unspecified atom stereocenters. The Morgan fingerprint density at radius 1 is 1.05 bits per heavy atom. The van der Waals surface area contributed by atoms with Crippen molar-refractivity contribution in [2.24, 2.45) is 0 Å². The number of benzene rings is 1. The Labute approximate surface area is 130 Å². The summed E-state index contributed by atoms with van der Waals surface area (Å²) < 4.78 is 22.8. The summed E-state index contributed by atoms with van der Waals surface area (Å²) in [5.74, 6) is 0.819. The van der Waals surface area contributed by atoms with Crippen molar-refractivity contribution < 1.29 is 18.7 Å². The minimum absolute atomic E-state index is 0.343. The van der Waals surface area contributed by atoms with Gasteiger partial charge in [-0.05, 0) is 13.8 Å². The maximum absolute atomic E-state index is 5.89. The first-order valence-corrected chi connectivity index (χ1v) is 7.73. The standard InChI is InChI=1S/C17H21NO4/c1-3-19-15-10-13-14(11-16(21-15)20-4-2)22-18-17(13)12-8-6-5-7-9-12/h5-9,15-16H,3-4,10-11H2,1-2H3/t15-,16-/m0/s1. The van der Waals surface area contributed by atoms with E-state index in [9.17, 15) is 0 Å². The predicted octanol–water partition coefficient (Wildman–Crippen LogP) is 3.18. The summed E-state index contributed by atoms with van der Waals surface area (Å²) in [6.07, 6.45) is 0.455. The second-order valence-corrected chi connectivity index (χ2v) is 5.11. The molecule has 3 rings (SSSR count). The zero-order valence-corrected chi connectivity index (χ0v) is 13.0. The maximum Gasteiger partial charge on any atom is 0.167 e. The molecule has 5 heteroatoms. The molecule has 2 atom stereocenters. The van der Waals surface area contributed by atoms with E-state index in [-0.39, 0.29) is 12.6 Å². The van der Waals surface area contributed by atoms with Gasteiger partial charge in [-0.2, -0.15) is 0 Å². The molecular formula is C17H21NO4. The summed E-state index contributed by atoms with van der Waals surface area (Å²) >= 11 is 0. The Bertz CT molecular complexity index is 596. The van der Waals surface area contributed by atoms with Crippen LogP contribution in [0.2, 0.25) is 0 Å². The van der Waals surface area contributed by atoms with Crippen molar-refractivity contribution >= 4 is 0 Å². The fraction of sp³-hybridized carbons (Fsp3) is 0.471. The van der Waals surface area contributed by atoms with E-state index in [0.717, 1.165) is 22.6 Å². The second-order valence-electron chi connectivity index (χ2n) is 5.11. The summed E-state index contributed by atoms with van der Waals surface area (Å²) in [6, 6.07) is 10.0. The summed E-state index contributed by atoms with van der Waals surface area (Å²) in [5, 5.41) is 4.26. The molecular weight excluding hydrogens is 282 g/mol. The average Bonchev–Trinajstić information content (AvgIpc) is 2.83. The van der Waals surface area contributed by atoms with Crippen LogP contribution in [-0.4, -0.2) is 31.0 Å². The van der Waals surface area contributed by atoms with Crippen molar-refractivity contribution in [3.05, 3.63) is 41.7 Å². The molecule has 2 heterocycles. The molecule has 0 fully saturated rings. The number of nitrogens with zero attached hydrogens (tertiary/aromatic N) is 1. The SMILES string of the molecule is CCO[C@@H]1Cc2onc(-c3ccccc3)c2C[C@@H](OCC)O1. The van der Waals surface area contributed by atoms with E-state index in [1.807, 2.05) is 44.2 Å². The quantitative estimate of drug-likeness (QED) is 0.849. The van der Waals surface area contributed by atoms with Crippen LogP contribution in [-0.2, 0) is 27.1 Å². The molecule has 22 heavy (non-hydrogen) atoms. The van der Waals surface area contributed by atoms with E-state index < -0.39 is 0 Å². The number of rotatable bonds is 5.